The summed E-state index contributed by atoms with van der Waals surface area (Å²) in [6.45, 7) is 16.4. The standard InChI is InChI=1S/C32H21F3N.C15H28O2.Ir/c1-19-15-20(2)17-24(16-19)31-30-12-11-27-26-9-5-22(21-3-7-25(8-4-21)32(33,34)35)18-23(26)6-10-28(27)29(30)13-14-36-31;1-7-14(5,8-2)12(16)11-13(17)15(6,9-3)10-4;/h3-16,18H,1-2H3;11,16H,7-10H2,1-6H3;/q-1;;/p+1/b;12-11-;. The molecule has 285 valence electrons. The molecule has 1 heterocycles. The molecule has 6 rings (SSSR count). The van der Waals surface area contributed by atoms with E-state index in [0.29, 0.717) is 11.5 Å². The van der Waals surface area contributed by atoms with Gasteiger partial charge in [0, 0.05) is 31.7 Å². The Kier molecular flexibility index (Phi) is 13.4. The maximum absolute atomic E-state index is 12.9. The monoisotopic (exact) mass is 910 g/mol. The van der Waals surface area contributed by atoms with Crippen LogP contribution in [-0.4, -0.2) is 20.7 Å². The number of aliphatic hydroxyl groups excluding tert-OH is 1. The van der Waals surface area contributed by atoms with Gasteiger partial charge in [-0.3, -0.25) is 4.79 Å². The summed E-state index contributed by atoms with van der Waals surface area (Å²) < 4.78 is 38.8. The van der Waals surface area contributed by atoms with Crippen LogP contribution in [0.5, 0.6) is 0 Å². The molecule has 0 saturated carbocycles. The number of hydrogen-bond acceptors (Lipinski definition) is 2. The van der Waals surface area contributed by atoms with Gasteiger partial charge in [0.15, 0.2) is 0 Å². The number of alkyl halides is 3. The van der Waals surface area contributed by atoms with Crippen molar-refractivity contribution in [2.24, 2.45) is 10.8 Å². The Hall–Kier alpha value is -4.32. The van der Waals surface area contributed by atoms with Crippen LogP contribution >= 0.6 is 0 Å². The molecular formula is C47H50F3IrNO2. The third-order valence-corrected chi connectivity index (χ3v) is 11.3. The zero-order chi connectivity index (χ0) is 38.7. The number of aliphatic hydroxyl groups is 1. The topological polar surface area (TPSA) is 54.5 Å². The molecule has 54 heavy (non-hydrogen) atoms. The first-order chi connectivity index (χ1) is 25.1. The van der Waals surface area contributed by atoms with Gasteiger partial charge in [0.05, 0.1) is 17.1 Å². The Morgan fingerprint density at radius 3 is 1.83 bits per heavy atom. The fourth-order valence-electron chi connectivity index (χ4n) is 6.78. The second kappa shape index (κ2) is 17.0. The van der Waals surface area contributed by atoms with E-state index in [1.54, 1.807) is 6.08 Å². The van der Waals surface area contributed by atoms with E-state index in [1.807, 2.05) is 45.2 Å². The molecule has 0 fully saturated rings. The molecule has 0 atom stereocenters. The normalized spacial score (nSPS) is 12.4. The van der Waals surface area contributed by atoms with Gasteiger partial charge in [0.2, 0.25) is 0 Å². The van der Waals surface area contributed by atoms with Crippen LogP contribution in [0.2, 0.25) is 0 Å². The van der Waals surface area contributed by atoms with Gasteiger partial charge in [-0.2, -0.15) is 13.2 Å². The fourth-order valence-corrected chi connectivity index (χ4v) is 6.78. The number of allylic oxidation sites excluding steroid dienone is 2. The van der Waals surface area contributed by atoms with Gasteiger partial charge >= 0.3 is 12.0 Å². The molecule has 2 N–H and O–H groups in total. The second-order valence-electron chi connectivity index (χ2n) is 14.7. The average Bonchev–Trinajstić information content (AvgIpc) is 3.15. The number of aromatic nitrogens is 1. The number of benzene rings is 5. The van der Waals surface area contributed by atoms with E-state index in [-0.39, 0.29) is 30.9 Å². The maximum Gasteiger partial charge on any atom is 0.416 e. The van der Waals surface area contributed by atoms with Crippen molar-refractivity contribution in [1.82, 2.24) is 4.98 Å². The first kappa shape index (κ1) is 42.4. The van der Waals surface area contributed by atoms with E-state index in [4.69, 9.17) is 4.98 Å². The number of rotatable bonds is 9. The minimum atomic E-state index is -4.34. The minimum absolute atomic E-state index is 0. The van der Waals surface area contributed by atoms with Gasteiger partial charge in [0.25, 0.3) is 0 Å². The summed E-state index contributed by atoms with van der Waals surface area (Å²) >= 11 is 0. The number of hydrogen-bond donors (Lipinski definition) is 1. The molecule has 3 nitrogen and oxygen atoms in total. The molecule has 1 aromatic heterocycles. The van der Waals surface area contributed by atoms with E-state index in [1.165, 1.54) is 17.7 Å². The molecule has 0 unspecified atom stereocenters. The van der Waals surface area contributed by atoms with E-state index < -0.39 is 11.7 Å². The van der Waals surface area contributed by atoms with Crippen molar-refractivity contribution < 1.29 is 43.2 Å². The van der Waals surface area contributed by atoms with Crippen molar-refractivity contribution >= 4 is 38.1 Å². The van der Waals surface area contributed by atoms with Crippen LogP contribution in [0.25, 0.3) is 54.7 Å². The predicted molar refractivity (Wildman–Crippen MR) is 216 cm³/mol. The molecule has 0 aliphatic carbocycles. The Morgan fingerprint density at radius 1 is 0.704 bits per heavy atom. The second-order valence-corrected chi connectivity index (χ2v) is 14.7. The molecule has 0 bridgehead atoms. The molecule has 0 aliphatic rings. The van der Waals surface area contributed by atoms with Gasteiger partial charge in [-0.1, -0.05) is 97.0 Å². The molecule has 0 aliphatic heterocycles. The first-order valence-corrected chi connectivity index (χ1v) is 18.5. The van der Waals surface area contributed by atoms with Gasteiger partial charge in [-0.15, -0.1) is 34.9 Å². The number of nitrogens with zero attached hydrogens (tertiary/aromatic N) is 1. The van der Waals surface area contributed by atoms with Crippen LogP contribution in [0, 0.1) is 30.7 Å². The van der Waals surface area contributed by atoms with Crippen LogP contribution in [0.15, 0.2) is 103 Å². The zero-order valence-electron chi connectivity index (χ0n) is 32.4. The first-order valence-electron chi connectivity index (χ1n) is 18.5. The van der Waals surface area contributed by atoms with Crippen molar-refractivity contribution in [2.45, 2.75) is 87.2 Å². The van der Waals surface area contributed by atoms with Crippen LogP contribution in [0.3, 0.4) is 0 Å². The third-order valence-electron chi connectivity index (χ3n) is 11.3. The fraction of sp³-hybridized carbons (Fsp3) is 0.319. The summed E-state index contributed by atoms with van der Waals surface area (Å²) in [4.78, 5) is 14.9. The summed E-state index contributed by atoms with van der Waals surface area (Å²) in [5.41, 5.74) is 4.70. The van der Waals surface area contributed by atoms with E-state index in [0.717, 1.165) is 98.1 Å². The average molecular weight is 910 g/mol. The largest absolute Gasteiger partial charge is 0.511 e. The molecule has 6 aromatic rings. The minimum Gasteiger partial charge on any atom is -0.511 e. The van der Waals surface area contributed by atoms with Gasteiger partial charge < -0.3 is 10.1 Å². The number of aryl methyl sites for hydroxylation is 2. The van der Waals surface area contributed by atoms with Crippen molar-refractivity contribution in [3.05, 3.63) is 126 Å². The summed E-state index contributed by atoms with van der Waals surface area (Å²) in [5, 5.41) is 16.8. The Morgan fingerprint density at radius 2 is 1.24 bits per heavy atom. The molecule has 7 heteroatoms. The molecule has 0 amide bonds. The summed E-state index contributed by atoms with van der Waals surface area (Å²) in [7, 11) is 0. The SMILES string of the molecule is CCC(C)(CC)C(=[OH+])/C=C(\O)C(C)(CC)CC.Cc1[c-]c(-c2nccc3c2ccc2c4ccc(-c5ccc(C(F)(F)F)cc5)cc4ccc32)cc(C)c1.[Ir]. The van der Waals surface area contributed by atoms with Crippen LogP contribution < -0.4 is 0 Å². The number of carbonyl (C=O) groups excluding carboxylic acids is 1. The zero-order valence-corrected chi connectivity index (χ0v) is 34.8. The Balaban J connectivity index is 0.000000309. The Bertz CT molecular complexity index is 2280. The number of halogens is 3. The van der Waals surface area contributed by atoms with Crippen molar-refractivity contribution in [3.63, 3.8) is 0 Å². The van der Waals surface area contributed by atoms with E-state index >= 15 is 0 Å². The summed E-state index contributed by atoms with van der Waals surface area (Å²) in [5.74, 6) is 0.598. The molecule has 0 saturated heterocycles. The Labute approximate surface area is 331 Å². The van der Waals surface area contributed by atoms with Crippen LogP contribution in [-0.2, 0) is 26.3 Å². The van der Waals surface area contributed by atoms with E-state index in [2.05, 4.69) is 83.1 Å². The van der Waals surface area contributed by atoms with E-state index in [9.17, 15) is 23.1 Å². The number of pyridine rings is 1. The third kappa shape index (κ3) is 8.80. The van der Waals surface area contributed by atoms with Gasteiger partial charge in [-0.25, -0.2) is 0 Å². The molecule has 5 aromatic carbocycles. The van der Waals surface area contributed by atoms with Gasteiger partial charge in [-0.05, 0) is 106 Å². The van der Waals surface area contributed by atoms with Crippen molar-refractivity contribution in [2.75, 3.05) is 0 Å². The number of ketones is 1. The van der Waals surface area contributed by atoms with Crippen LogP contribution in [0.1, 0.15) is 83.9 Å². The van der Waals surface area contributed by atoms with Gasteiger partial charge in [0.1, 0.15) is 5.76 Å². The molecular weight excluding hydrogens is 860 g/mol. The number of fused-ring (bicyclic) bond motifs is 5. The summed E-state index contributed by atoms with van der Waals surface area (Å²) in [6, 6.07) is 29.5. The van der Waals surface area contributed by atoms with Crippen LogP contribution in [0.4, 0.5) is 13.2 Å². The predicted octanol–water partition coefficient (Wildman–Crippen LogP) is 13.9. The van der Waals surface area contributed by atoms with Crippen molar-refractivity contribution in [1.29, 1.82) is 0 Å². The molecule has 1 radical (unpaired) electrons. The smallest absolute Gasteiger partial charge is 0.416 e. The molecule has 0 spiro atoms. The van der Waals surface area contributed by atoms with Crippen molar-refractivity contribution in [3.8, 4) is 22.4 Å². The maximum atomic E-state index is 12.9. The summed E-state index contributed by atoms with van der Waals surface area (Å²) in [6.07, 6.45) is 2.56. The quantitative estimate of drug-likeness (QED) is 0.0517.